The van der Waals surface area contributed by atoms with E-state index in [2.05, 4.69) is 19.2 Å². The van der Waals surface area contributed by atoms with Gasteiger partial charge in [0.1, 0.15) is 0 Å². The topological polar surface area (TPSA) is 83.1 Å². The molecule has 29 heavy (non-hydrogen) atoms. The van der Waals surface area contributed by atoms with Gasteiger partial charge in [0.15, 0.2) is 18.1 Å². The van der Waals surface area contributed by atoms with Crippen LogP contribution < -0.4 is 19.5 Å². The van der Waals surface area contributed by atoms with Crippen molar-refractivity contribution in [2.24, 2.45) is 0 Å². The highest BCUT2D eigenvalue weighted by Crippen LogP contribution is 2.38. The summed E-state index contributed by atoms with van der Waals surface area (Å²) in [5, 5.41) is 2.81. The van der Waals surface area contributed by atoms with Gasteiger partial charge in [-0.3, -0.25) is 4.79 Å². The first-order valence-corrected chi connectivity index (χ1v) is 9.31. The lowest BCUT2D eigenvalue weighted by Crippen LogP contribution is -2.21. The number of ether oxygens (including phenoxy) is 4. The molecule has 156 valence electrons. The molecule has 2 rings (SSSR count). The van der Waals surface area contributed by atoms with Crippen LogP contribution in [0.15, 0.2) is 36.4 Å². The predicted octanol–water partition coefficient (Wildman–Crippen LogP) is 4.02. The van der Waals surface area contributed by atoms with Crippen LogP contribution in [-0.4, -0.2) is 39.8 Å². The van der Waals surface area contributed by atoms with Gasteiger partial charge in [0, 0.05) is 5.69 Å². The number of carbonyl (C=O) groups excluding carboxylic acids is 2. The normalized spacial score (nSPS) is 11.3. The van der Waals surface area contributed by atoms with E-state index >= 15 is 0 Å². The van der Waals surface area contributed by atoms with Crippen LogP contribution in [0, 0.1) is 0 Å². The third kappa shape index (κ3) is 5.40. The number of methoxy groups -OCH3 is 3. The fraction of sp³-hybridized carbons (Fsp3) is 0.364. The minimum Gasteiger partial charge on any atom is -0.493 e. The quantitative estimate of drug-likeness (QED) is 0.639. The zero-order valence-corrected chi connectivity index (χ0v) is 17.4. The third-order valence-electron chi connectivity index (χ3n) is 4.61. The molecule has 0 saturated heterocycles. The van der Waals surface area contributed by atoms with Crippen molar-refractivity contribution in [1.82, 2.24) is 0 Å². The van der Waals surface area contributed by atoms with Crippen LogP contribution in [0.25, 0.3) is 0 Å². The molecule has 0 bridgehead atoms. The van der Waals surface area contributed by atoms with E-state index in [1.54, 1.807) is 0 Å². The smallest absolute Gasteiger partial charge is 0.338 e. The Morgan fingerprint density at radius 1 is 1.00 bits per heavy atom. The van der Waals surface area contributed by atoms with Gasteiger partial charge in [0.05, 0.1) is 26.9 Å². The van der Waals surface area contributed by atoms with E-state index in [1.807, 2.05) is 24.3 Å². The highest BCUT2D eigenvalue weighted by Gasteiger charge is 2.19. The fourth-order valence-electron chi connectivity index (χ4n) is 2.86. The zero-order chi connectivity index (χ0) is 21.4. The monoisotopic (exact) mass is 401 g/mol. The van der Waals surface area contributed by atoms with E-state index in [9.17, 15) is 9.59 Å². The summed E-state index contributed by atoms with van der Waals surface area (Å²) < 4.78 is 20.8. The van der Waals surface area contributed by atoms with Crippen LogP contribution >= 0.6 is 0 Å². The molecule has 2 aromatic rings. The summed E-state index contributed by atoms with van der Waals surface area (Å²) in [5.74, 6) is 0.229. The summed E-state index contributed by atoms with van der Waals surface area (Å²) in [6, 6.07) is 10.5. The van der Waals surface area contributed by atoms with E-state index in [0.717, 1.165) is 17.7 Å². The minimum atomic E-state index is -0.672. The average molecular weight is 401 g/mol. The molecule has 7 nitrogen and oxygen atoms in total. The Kier molecular flexibility index (Phi) is 7.88. The number of carbonyl (C=O) groups is 2. The van der Waals surface area contributed by atoms with Crippen LogP contribution in [-0.2, 0) is 9.53 Å². The Morgan fingerprint density at radius 3 is 2.17 bits per heavy atom. The van der Waals surface area contributed by atoms with E-state index in [1.165, 1.54) is 33.5 Å². The molecule has 0 radical (unpaired) electrons. The van der Waals surface area contributed by atoms with Gasteiger partial charge in [-0.1, -0.05) is 32.0 Å². The molecule has 1 atom stereocenters. The number of hydrogen-bond donors (Lipinski definition) is 1. The predicted molar refractivity (Wildman–Crippen MR) is 110 cm³/mol. The number of hydrogen-bond acceptors (Lipinski definition) is 6. The molecule has 1 amide bonds. The second-order valence-electron chi connectivity index (χ2n) is 6.43. The first-order chi connectivity index (χ1) is 13.9. The van der Waals surface area contributed by atoms with Crippen LogP contribution in [0.3, 0.4) is 0 Å². The first-order valence-electron chi connectivity index (χ1n) is 9.31. The minimum absolute atomic E-state index is 0.187. The summed E-state index contributed by atoms with van der Waals surface area (Å²) >= 11 is 0. The third-order valence-corrected chi connectivity index (χ3v) is 4.61. The van der Waals surface area contributed by atoms with Gasteiger partial charge in [-0.25, -0.2) is 4.79 Å². The molecular formula is C22H27NO6. The molecule has 2 aromatic carbocycles. The maximum atomic E-state index is 12.4. The largest absolute Gasteiger partial charge is 0.493 e. The molecule has 0 aliphatic rings. The maximum absolute atomic E-state index is 12.4. The first kappa shape index (κ1) is 22.1. The van der Waals surface area contributed by atoms with Gasteiger partial charge in [-0.15, -0.1) is 0 Å². The summed E-state index contributed by atoms with van der Waals surface area (Å²) in [6.07, 6.45) is 0.947. The number of esters is 1. The lowest BCUT2D eigenvalue weighted by atomic mass is 9.97. The number of rotatable bonds is 9. The van der Waals surface area contributed by atoms with Crippen molar-refractivity contribution in [3.63, 3.8) is 0 Å². The van der Waals surface area contributed by atoms with Gasteiger partial charge in [-0.05, 0) is 36.1 Å². The number of nitrogens with one attached hydrogen (secondary N) is 1. The molecule has 0 heterocycles. The Bertz CT molecular complexity index is 839. The van der Waals surface area contributed by atoms with Gasteiger partial charge in [0.25, 0.3) is 5.91 Å². The van der Waals surface area contributed by atoms with Crippen molar-refractivity contribution in [3.8, 4) is 17.2 Å². The van der Waals surface area contributed by atoms with E-state index in [-0.39, 0.29) is 5.56 Å². The van der Waals surface area contributed by atoms with Crippen LogP contribution in [0.5, 0.6) is 17.2 Å². The maximum Gasteiger partial charge on any atom is 0.338 e. The van der Waals surface area contributed by atoms with E-state index in [4.69, 9.17) is 18.9 Å². The zero-order valence-electron chi connectivity index (χ0n) is 17.4. The van der Waals surface area contributed by atoms with Gasteiger partial charge >= 0.3 is 5.97 Å². The number of amides is 1. The standard InChI is InChI=1S/C22H27NO6/c1-6-14(2)16-9-7-8-10-17(16)23-20(24)13-29-22(25)15-11-18(26-3)21(28-5)19(12-15)27-4/h7-12,14H,6,13H2,1-5H3,(H,23,24)/t14-/m1/s1. The molecule has 7 heteroatoms. The number of anilines is 1. The van der Waals surface area contributed by atoms with Gasteiger partial charge in [0.2, 0.25) is 5.75 Å². The van der Waals surface area contributed by atoms with E-state index < -0.39 is 18.5 Å². The molecule has 1 N–H and O–H groups in total. The SMILES string of the molecule is CC[C@@H](C)c1ccccc1NC(=O)COC(=O)c1cc(OC)c(OC)c(OC)c1. The van der Waals surface area contributed by atoms with Crippen molar-refractivity contribution >= 4 is 17.6 Å². The van der Waals surface area contributed by atoms with Crippen LogP contribution in [0.2, 0.25) is 0 Å². The van der Waals surface area contributed by atoms with Crippen molar-refractivity contribution in [3.05, 3.63) is 47.5 Å². The van der Waals surface area contributed by atoms with Crippen molar-refractivity contribution in [2.45, 2.75) is 26.2 Å². The molecule has 0 aliphatic carbocycles. The molecule has 0 fully saturated rings. The Hall–Kier alpha value is -3.22. The number of para-hydroxylation sites is 1. The average Bonchev–Trinajstić information content (AvgIpc) is 2.76. The van der Waals surface area contributed by atoms with Crippen molar-refractivity contribution in [2.75, 3.05) is 33.3 Å². The second kappa shape index (κ2) is 10.4. The molecule has 0 saturated carbocycles. The second-order valence-corrected chi connectivity index (χ2v) is 6.43. The lowest BCUT2D eigenvalue weighted by Gasteiger charge is -2.16. The molecule has 0 unspecified atom stereocenters. The summed E-state index contributed by atoms with van der Waals surface area (Å²) in [5.41, 5.74) is 1.95. The van der Waals surface area contributed by atoms with E-state index in [0.29, 0.717) is 23.2 Å². The molecule has 0 spiro atoms. The summed E-state index contributed by atoms with van der Waals surface area (Å²) in [4.78, 5) is 24.7. The van der Waals surface area contributed by atoms with Crippen LogP contribution in [0.4, 0.5) is 5.69 Å². The molecule has 0 aromatic heterocycles. The summed E-state index contributed by atoms with van der Waals surface area (Å²) in [7, 11) is 4.38. The Balaban J connectivity index is 2.07. The van der Waals surface area contributed by atoms with Crippen molar-refractivity contribution < 1.29 is 28.5 Å². The summed E-state index contributed by atoms with van der Waals surface area (Å²) in [6.45, 7) is 3.77. The van der Waals surface area contributed by atoms with Gasteiger partial charge < -0.3 is 24.3 Å². The number of benzene rings is 2. The molecular weight excluding hydrogens is 374 g/mol. The highest BCUT2D eigenvalue weighted by molar-refractivity contribution is 5.96. The lowest BCUT2D eigenvalue weighted by molar-refractivity contribution is -0.119. The van der Waals surface area contributed by atoms with Crippen LogP contribution in [0.1, 0.15) is 42.1 Å². The van der Waals surface area contributed by atoms with Crippen molar-refractivity contribution in [1.29, 1.82) is 0 Å². The molecule has 0 aliphatic heterocycles. The fourth-order valence-corrected chi connectivity index (χ4v) is 2.86. The Morgan fingerprint density at radius 2 is 1.62 bits per heavy atom. The highest BCUT2D eigenvalue weighted by atomic mass is 16.5. The Labute approximate surface area is 170 Å². The van der Waals surface area contributed by atoms with Gasteiger partial charge in [-0.2, -0.15) is 0 Å².